The topological polar surface area (TPSA) is 74.2 Å². The molecule has 2 N–H and O–H groups in total. The lowest BCUT2D eigenvalue weighted by atomic mass is 10.1. The van der Waals surface area contributed by atoms with Crippen LogP contribution in [0, 0.1) is 6.92 Å². The largest absolute Gasteiger partial charge is 0.482 e. The average molecular weight is 268 g/mol. The standard InChI is InChI=1S/C12H14ClN3O2/c1-8-15-11(18-16-8)7-17-12-9(5-6-14)3-2-4-10(12)13/h2-4H,5-7,14H2,1H3. The molecule has 0 saturated carbocycles. The highest BCUT2D eigenvalue weighted by atomic mass is 35.5. The van der Waals surface area contributed by atoms with Crippen LogP contribution in [-0.4, -0.2) is 16.7 Å². The number of ether oxygens (including phenoxy) is 1. The Labute approximate surface area is 110 Å². The molecule has 0 aliphatic rings. The van der Waals surface area contributed by atoms with Crippen LogP contribution in [-0.2, 0) is 13.0 Å². The maximum atomic E-state index is 6.10. The van der Waals surface area contributed by atoms with Gasteiger partial charge in [-0.3, -0.25) is 0 Å². The minimum Gasteiger partial charge on any atom is -0.482 e. The van der Waals surface area contributed by atoms with Crippen LogP contribution in [0.2, 0.25) is 5.02 Å². The lowest BCUT2D eigenvalue weighted by Crippen LogP contribution is -2.06. The maximum Gasteiger partial charge on any atom is 0.264 e. The molecular weight excluding hydrogens is 254 g/mol. The van der Waals surface area contributed by atoms with E-state index in [1.165, 1.54) is 0 Å². The molecule has 0 aliphatic heterocycles. The Morgan fingerprint density at radius 3 is 2.94 bits per heavy atom. The molecule has 2 rings (SSSR count). The van der Waals surface area contributed by atoms with Crippen LogP contribution in [0.1, 0.15) is 17.3 Å². The van der Waals surface area contributed by atoms with Crippen molar-refractivity contribution in [2.45, 2.75) is 20.0 Å². The summed E-state index contributed by atoms with van der Waals surface area (Å²) < 4.78 is 10.6. The van der Waals surface area contributed by atoms with Gasteiger partial charge in [0.1, 0.15) is 5.75 Å². The molecule has 18 heavy (non-hydrogen) atoms. The quantitative estimate of drug-likeness (QED) is 0.898. The van der Waals surface area contributed by atoms with Gasteiger partial charge in [0.05, 0.1) is 5.02 Å². The Balaban J connectivity index is 2.12. The highest BCUT2D eigenvalue weighted by molar-refractivity contribution is 6.32. The fourth-order valence-electron chi connectivity index (χ4n) is 1.60. The summed E-state index contributed by atoms with van der Waals surface area (Å²) in [6.07, 6.45) is 0.707. The van der Waals surface area contributed by atoms with Gasteiger partial charge in [-0.15, -0.1) is 0 Å². The Bertz CT molecular complexity index is 528. The maximum absolute atomic E-state index is 6.10. The van der Waals surface area contributed by atoms with Gasteiger partial charge in [0.2, 0.25) is 0 Å². The normalized spacial score (nSPS) is 10.6. The van der Waals surface area contributed by atoms with Gasteiger partial charge in [-0.05, 0) is 31.5 Å². The van der Waals surface area contributed by atoms with E-state index in [9.17, 15) is 0 Å². The van der Waals surface area contributed by atoms with Crippen LogP contribution in [0.25, 0.3) is 0 Å². The highest BCUT2D eigenvalue weighted by Gasteiger charge is 2.10. The van der Waals surface area contributed by atoms with Crippen LogP contribution in [0.15, 0.2) is 22.7 Å². The van der Waals surface area contributed by atoms with E-state index in [4.69, 9.17) is 26.6 Å². The fourth-order valence-corrected chi connectivity index (χ4v) is 1.85. The van der Waals surface area contributed by atoms with E-state index in [1.54, 1.807) is 13.0 Å². The number of aromatic nitrogens is 2. The van der Waals surface area contributed by atoms with E-state index < -0.39 is 0 Å². The summed E-state index contributed by atoms with van der Waals surface area (Å²) in [5.41, 5.74) is 6.52. The van der Waals surface area contributed by atoms with Gasteiger partial charge in [-0.25, -0.2) is 0 Å². The second-order valence-corrected chi connectivity index (χ2v) is 4.20. The molecule has 6 heteroatoms. The minimum atomic E-state index is 0.197. The number of benzene rings is 1. The number of rotatable bonds is 5. The van der Waals surface area contributed by atoms with E-state index in [1.807, 2.05) is 12.1 Å². The second kappa shape index (κ2) is 5.84. The number of para-hydroxylation sites is 1. The monoisotopic (exact) mass is 267 g/mol. The highest BCUT2D eigenvalue weighted by Crippen LogP contribution is 2.29. The van der Waals surface area contributed by atoms with E-state index in [0.717, 1.165) is 5.56 Å². The van der Waals surface area contributed by atoms with Crippen molar-refractivity contribution in [2.75, 3.05) is 6.54 Å². The van der Waals surface area contributed by atoms with Gasteiger partial charge in [-0.1, -0.05) is 28.9 Å². The number of hydrogen-bond acceptors (Lipinski definition) is 5. The van der Waals surface area contributed by atoms with Crippen molar-refractivity contribution in [3.05, 3.63) is 40.5 Å². The Hall–Kier alpha value is -1.59. The number of halogens is 1. The van der Waals surface area contributed by atoms with Gasteiger partial charge >= 0.3 is 0 Å². The molecule has 1 aromatic heterocycles. The molecule has 0 spiro atoms. The first-order chi connectivity index (χ1) is 8.70. The Kier molecular flexibility index (Phi) is 4.17. The van der Waals surface area contributed by atoms with Gasteiger partial charge < -0.3 is 15.0 Å². The molecular formula is C12H14ClN3O2. The van der Waals surface area contributed by atoms with Gasteiger partial charge in [0.15, 0.2) is 12.4 Å². The lowest BCUT2D eigenvalue weighted by Gasteiger charge is -2.10. The molecule has 1 heterocycles. The molecule has 0 saturated heterocycles. The zero-order valence-corrected chi connectivity index (χ0v) is 10.8. The molecule has 1 aromatic carbocycles. The SMILES string of the molecule is Cc1noc(COc2c(Cl)cccc2CCN)n1. The Morgan fingerprint density at radius 2 is 2.28 bits per heavy atom. The van der Waals surface area contributed by atoms with Crippen LogP contribution in [0.4, 0.5) is 0 Å². The number of nitrogens with zero attached hydrogens (tertiary/aromatic N) is 2. The van der Waals surface area contributed by atoms with E-state index in [0.29, 0.717) is 35.5 Å². The predicted octanol–water partition coefficient (Wildman–Crippen LogP) is 2.11. The van der Waals surface area contributed by atoms with E-state index in [-0.39, 0.29) is 6.61 Å². The lowest BCUT2D eigenvalue weighted by molar-refractivity contribution is 0.241. The van der Waals surface area contributed by atoms with Gasteiger partial charge in [0.25, 0.3) is 5.89 Å². The van der Waals surface area contributed by atoms with Crippen LogP contribution in [0.5, 0.6) is 5.75 Å². The molecule has 0 unspecified atom stereocenters. The Morgan fingerprint density at radius 1 is 1.44 bits per heavy atom. The van der Waals surface area contributed by atoms with Crippen molar-refractivity contribution in [2.24, 2.45) is 5.73 Å². The first-order valence-corrected chi connectivity index (χ1v) is 5.98. The van der Waals surface area contributed by atoms with Crippen molar-refractivity contribution >= 4 is 11.6 Å². The second-order valence-electron chi connectivity index (χ2n) is 3.79. The minimum absolute atomic E-state index is 0.197. The van der Waals surface area contributed by atoms with Crippen molar-refractivity contribution in [3.8, 4) is 5.75 Å². The average Bonchev–Trinajstić information content (AvgIpc) is 2.75. The molecule has 0 radical (unpaired) electrons. The molecule has 0 atom stereocenters. The van der Waals surface area contributed by atoms with E-state index in [2.05, 4.69) is 10.1 Å². The molecule has 0 fully saturated rings. The van der Waals surface area contributed by atoms with Gasteiger partial charge in [-0.2, -0.15) is 4.98 Å². The molecule has 2 aromatic rings. The van der Waals surface area contributed by atoms with Crippen molar-refractivity contribution in [1.82, 2.24) is 10.1 Å². The predicted molar refractivity (Wildman–Crippen MR) is 67.6 cm³/mol. The number of nitrogens with two attached hydrogens (primary N) is 1. The molecule has 0 bridgehead atoms. The molecule has 96 valence electrons. The summed E-state index contributed by atoms with van der Waals surface area (Å²) in [6.45, 7) is 2.49. The zero-order chi connectivity index (χ0) is 13.0. The molecule has 0 aliphatic carbocycles. The fraction of sp³-hybridized carbons (Fsp3) is 0.333. The summed E-state index contributed by atoms with van der Waals surface area (Å²) in [7, 11) is 0. The summed E-state index contributed by atoms with van der Waals surface area (Å²) in [5, 5.41) is 4.24. The third-order valence-electron chi connectivity index (χ3n) is 2.37. The number of hydrogen-bond donors (Lipinski definition) is 1. The first kappa shape index (κ1) is 12.9. The molecule has 0 amide bonds. The van der Waals surface area contributed by atoms with Crippen molar-refractivity contribution in [1.29, 1.82) is 0 Å². The molecule has 5 nitrogen and oxygen atoms in total. The summed E-state index contributed by atoms with van der Waals surface area (Å²) >= 11 is 6.10. The van der Waals surface area contributed by atoms with Crippen LogP contribution in [0.3, 0.4) is 0 Å². The summed E-state index contributed by atoms with van der Waals surface area (Å²) in [5.74, 6) is 1.63. The van der Waals surface area contributed by atoms with Gasteiger partial charge in [0, 0.05) is 0 Å². The first-order valence-electron chi connectivity index (χ1n) is 5.60. The number of aryl methyl sites for hydroxylation is 1. The zero-order valence-electron chi connectivity index (χ0n) is 10.0. The summed E-state index contributed by atoms with van der Waals surface area (Å²) in [4.78, 5) is 4.06. The van der Waals surface area contributed by atoms with Crippen LogP contribution < -0.4 is 10.5 Å². The third kappa shape index (κ3) is 3.00. The van der Waals surface area contributed by atoms with Crippen molar-refractivity contribution < 1.29 is 9.26 Å². The van der Waals surface area contributed by atoms with Crippen LogP contribution >= 0.6 is 11.6 Å². The summed E-state index contributed by atoms with van der Waals surface area (Å²) in [6, 6.07) is 5.58. The smallest absolute Gasteiger partial charge is 0.264 e. The van der Waals surface area contributed by atoms with Crippen molar-refractivity contribution in [3.63, 3.8) is 0 Å². The van der Waals surface area contributed by atoms with E-state index >= 15 is 0 Å². The third-order valence-corrected chi connectivity index (χ3v) is 2.67.